The lowest BCUT2D eigenvalue weighted by Gasteiger charge is -2.32. The highest BCUT2D eigenvalue weighted by molar-refractivity contribution is 7.89. The van der Waals surface area contributed by atoms with Gasteiger partial charge in [0.15, 0.2) is 5.03 Å². The van der Waals surface area contributed by atoms with Crippen LogP contribution < -0.4 is 4.72 Å². The molecule has 1 saturated heterocycles. The third kappa shape index (κ3) is 4.50. The quantitative estimate of drug-likeness (QED) is 0.831. The Morgan fingerprint density at radius 3 is 2.54 bits per heavy atom. The molecule has 1 N–H and O–H groups in total. The minimum absolute atomic E-state index is 0.0447. The predicted molar refractivity (Wildman–Crippen MR) is 98.1 cm³/mol. The first-order valence-electron chi connectivity index (χ1n) is 8.77. The molecule has 0 atom stereocenters. The molecule has 0 radical (unpaired) electrons. The van der Waals surface area contributed by atoms with Gasteiger partial charge in [0, 0.05) is 38.4 Å². The summed E-state index contributed by atoms with van der Waals surface area (Å²) in [7, 11) is -1.81. The Bertz CT molecular complexity index is 840. The van der Waals surface area contributed by atoms with Crippen molar-refractivity contribution in [3.8, 4) is 0 Å². The summed E-state index contributed by atoms with van der Waals surface area (Å²) in [4.78, 5) is 18.2. The van der Waals surface area contributed by atoms with Crippen molar-refractivity contribution in [2.75, 3.05) is 19.6 Å². The molecule has 0 aliphatic carbocycles. The van der Waals surface area contributed by atoms with Gasteiger partial charge in [0.25, 0.3) is 15.9 Å². The summed E-state index contributed by atoms with van der Waals surface area (Å²) in [6, 6.07) is 9.30. The van der Waals surface area contributed by atoms with Crippen molar-refractivity contribution >= 4 is 15.9 Å². The Labute approximate surface area is 154 Å². The second kappa shape index (κ2) is 8.01. The van der Waals surface area contributed by atoms with Gasteiger partial charge in [0.1, 0.15) is 0 Å². The summed E-state index contributed by atoms with van der Waals surface area (Å²) in [6.45, 7) is 1.81. The molecule has 1 amide bonds. The largest absolute Gasteiger partial charge is 0.339 e. The summed E-state index contributed by atoms with van der Waals surface area (Å²) < 4.78 is 28.5. The molecule has 1 aromatic heterocycles. The van der Waals surface area contributed by atoms with Crippen LogP contribution in [0.4, 0.5) is 0 Å². The third-order valence-corrected chi connectivity index (χ3v) is 6.07. The van der Waals surface area contributed by atoms with E-state index in [0.29, 0.717) is 31.1 Å². The molecule has 2 aromatic rings. The Balaban J connectivity index is 1.44. The number of aromatic nitrogens is 2. The zero-order valence-electron chi connectivity index (χ0n) is 14.8. The number of hydrogen-bond acceptors (Lipinski definition) is 4. The maximum Gasteiger partial charge on any atom is 0.259 e. The molecule has 1 aliphatic rings. The number of aryl methyl sites for hydroxylation is 1. The number of benzene rings is 1. The first-order chi connectivity index (χ1) is 12.5. The fourth-order valence-electron chi connectivity index (χ4n) is 3.19. The van der Waals surface area contributed by atoms with Crippen molar-refractivity contribution in [1.82, 2.24) is 19.2 Å². The van der Waals surface area contributed by atoms with Gasteiger partial charge in [-0.3, -0.25) is 4.79 Å². The van der Waals surface area contributed by atoms with Crippen LogP contribution in [0.2, 0.25) is 0 Å². The number of carbonyl (C=O) groups is 1. The van der Waals surface area contributed by atoms with Crippen molar-refractivity contribution in [3.05, 3.63) is 48.4 Å². The van der Waals surface area contributed by atoms with Crippen LogP contribution in [0.1, 0.15) is 29.6 Å². The van der Waals surface area contributed by atoms with Gasteiger partial charge in [-0.25, -0.2) is 18.1 Å². The maximum atomic E-state index is 12.4. The van der Waals surface area contributed by atoms with E-state index in [2.05, 4.69) is 9.71 Å². The molecule has 8 heteroatoms. The first-order valence-corrected chi connectivity index (χ1v) is 10.3. The van der Waals surface area contributed by atoms with Crippen molar-refractivity contribution in [2.45, 2.75) is 24.3 Å². The molecule has 2 heterocycles. The number of imidazole rings is 1. The smallest absolute Gasteiger partial charge is 0.259 e. The van der Waals surface area contributed by atoms with Gasteiger partial charge < -0.3 is 9.47 Å². The standard InChI is InChI=1S/C18H24N4O3S/c1-21-13-17(19-14-21)26(24,25)20-10-7-15-8-11-22(12-9-15)18(23)16-5-3-2-4-6-16/h2-6,13-15,20H,7-12H2,1H3. The summed E-state index contributed by atoms with van der Waals surface area (Å²) in [5, 5.41) is 0.0447. The second-order valence-corrected chi connectivity index (χ2v) is 8.38. The van der Waals surface area contributed by atoms with Gasteiger partial charge in [0.05, 0.1) is 6.33 Å². The van der Waals surface area contributed by atoms with Gasteiger partial charge in [-0.05, 0) is 37.3 Å². The summed E-state index contributed by atoms with van der Waals surface area (Å²) in [6.07, 6.45) is 5.50. The Hall–Kier alpha value is -2.19. The number of carbonyl (C=O) groups excluding carboxylic acids is 1. The van der Waals surface area contributed by atoms with Gasteiger partial charge in [-0.2, -0.15) is 0 Å². The molecule has 0 bridgehead atoms. The molecule has 3 rings (SSSR count). The van der Waals surface area contributed by atoms with Gasteiger partial charge in [-0.15, -0.1) is 0 Å². The van der Waals surface area contributed by atoms with Crippen molar-refractivity contribution in [2.24, 2.45) is 13.0 Å². The number of nitrogens with zero attached hydrogens (tertiary/aromatic N) is 3. The molecule has 0 spiro atoms. The zero-order chi connectivity index (χ0) is 18.6. The number of sulfonamides is 1. The summed E-state index contributed by atoms with van der Waals surface area (Å²) in [5.41, 5.74) is 0.717. The fraction of sp³-hybridized carbons (Fsp3) is 0.444. The average Bonchev–Trinajstić information content (AvgIpc) is 3.10. The van der Waals surface area contributed by atoms with Crippen LogP contribution in [0.3, 0.4) is 0 Å². The number of piperidine rings is 1. The highest BCUT2D eigenvalue weighted by Crippen LogP contribution is 2.21. The normalized spacial score (nSPS) is 16.0. The van der Waals surface area contributed by atoms with Crippen LogP contribution >= 0.6 is 0 Å². The molecule has 1 aliphatic heterocycles. The molecule has 1 aromatic carbocycles. The Morgan fingerprint density at radius 1 is 1.23 bits per heavy atom. The maximum absolute atomic E-state index is 12.4. The number of rotatable bonds is 6. The highest BCUT2D eigenvalue weighted by Gasteiger charge is 2.24. The molecule has 140 valence electrons. The van der Waals surface area contributed by atoms with Gasteiger partial charge >= 0.3 is 0 Å². The van der Waals surface area contributed by atoms with Crippen molar-refractivity contribution in [3.63, 3.8) is 0 Å². The lowest BCUT2D eigenvalue weighted by atomic mass is 9.93. The molecule has 7 nitrogen and oxygen atoms in total. The average molecular weight is 376 g/mol. The monoisotopic (exact) mass is 376 g/mol. The lowest BCUT2D eigenvalue weighted by molar-refractivity contribution is 0.0687. The third-order valence-electron chi connectivity index (χ3n) is 4.72. The van der Waals surface area contributed by atoms with Gasteiger partial charge in [0.2, 0.25) is 0 Å². The lowest BCUT2D eigenvalue weighted by Crippen LogP contribution is -2.39. The molecule has 1 fully saturated rings. The Morgan fingerprint density at radius 2 is 1.92 bits per heavy atom. The number of nitrogens with one attached hydrogen (secondary N) is 1. The first kappa shape index (κ1) is 18.6. The SMILES string of the molecule is Cn1cnc(S(=O)(=O)NCCC2CCN(C(=O)c3ccccc3)CC2)c1. The van der Waals surface area contributed by atoms with Crippen LogP contribution in [0.15, 0.2) is 47.9 Å². The van der Waals surface area contributed by atoms with E-state index in [1.807, 2.05) is 35.2 Å². The number of amides is 1. The molecular weight excluding hydrogens is 352 g/mol. The van der Waals surface area contributed by atoms with E-state index in [1.165, 1.54) is 12.5 Å². The van der Waals surface area contributed by atoms with E-state index in [1.54, 1.807) is 11.6 Å². The van der Waals surface area contributed by atoms with Crippen LogP contribution in [-0.4, -0.2) is 48.4 Å². The van der Waals surface area contributed by atoms with Crippen molar-refractivity contribution in [1.29, 1.82) is 0 Å². The highest BCUT2D eigenvalue weighted by atomic mass is 32.2. The topological polar surface area (TPSA) is 84.3 Å². The van der Waals surface area contributed by atoms with Crippen LogP contribution in [0.5, 0.6) is 0 Å². The fourth-order valence-corrected chi connectivity index (χ4v) is 4.21. The van der Waals surface area contributed by atoms with E-state index in [-0.39, 0.29) is 10.9 Å². The molecular formula is C18H24N4O3S. The minimum atomic E-state index is -3.55. The zero-order valence-corrected chi connectivity index (χ0v) is 15.7. The molecule has 0 unspecified atom stereocenters. The minimum Gasteiger partial charge on any atom is -0.339 e. The molecule has 26 heavy (non-hydrogen) atoms. The summed E-state index contributed by atoms with van der Waals surface area (Å²) >= 11 is 0. The predicted octanol–water partition coefficient (Wildman–Crippen LogP) is 1.64. The Kier molecular flexibility index (Phi) is 5.73. The number of likely N-dealkylation sites (tertiary alicyclic amines) is 1. The van der Waals surface area contributed by atoms with E-state index in [9.17, 15) is 13.2 Å². The second-order valence-electron chi connectivity index (χ2n) is 6.67. The van der Waals surface area contributed by atoms with E-state index < -0.39 is 10.0 Å². The van der Waals surface area contributed by atoms with Crippen molar-refractivity contribution < 1.29 is 13.2 Å². The van der Waals surface area contributed by atoms with Crippen LogP contribution in [-0.2, 0) is 17.1 Å². The van der Waals surface area contributed by atoms with E-state index >= 15 is 0 Å². The molecule has 0 saturated carbocycles. The van der Waals surface area contributed by atoms with Crippen LogP contribution in [0, 0.1) is 5.92 Å². The van der Waals surface area contributed by atoms with E-state index in [0.717, 1.165) is 19.3 Å². The van der Waals surface area contributed by atoms with Gasteiger partial charge in [-0.1, -0.05) is 18.2 Å². The van der Waals surface area contributed by atoms with E-state index in [4.69, 9.17) is 0 Å². The van der Waals surface area contributed by atoms with Crippen LogP contribution in [0.25, 0.3) is 0 Å². The number of hydrogen-bond donors (Lipinski definition) is 1. The summed E-state index contributed by atoms with van der Waals surface area (Å²) in [5.74, 6) is 0.487.